The first-order valence-electron chi connectivity index (χ1n) is 6.26. The molecule has 0 bridgehead atoms. The van der Waals surface area contributed by atoms with E-state index in [9.17, 15) is 4.79 Å². The van der Waals surface area contributed by atoms with Gasteiger partial charge < -0.3 is 21.1 Å². The van der Waals surface area contributed by atoms with Crippen molar-refractivity contribution in [2.75, 3.05) is 25.9 Å². The van der Waals surface area contributed by atoms with Gasteiger partial charge in [-0.05, 0) is 25.5 Å². The number of nitrogens with one attached hydrogen (secondary N) is 2. The number of halogens is 3. The summed E-state index contributed by atoms with van der Waals surface area (Å²) in [5, 5.41) is 6.55. The second-order valence-corrected chi connectivity index (χ2v) is 4.98. The van der Waals surface area contributed by atoms with Crippen molar-refractivity contribution in [3.63, 3.8) is 0 Å². The van der Waals surface area contributed by atoms with Crippen molar-refractivity contribution in [1.82, 2.24) is 10.6 Å². The fraction of sp³-hybridized carbons (Fsp3) is 0.462. The Morgan fingerprint density at radius 1 is 1.52 bits per heavy atom. The largest absolute Gasteiger partial charge is 0.496 e. The molecule has 1 aliphatic rings. The molecule has 1 heterocycles. The highest BCUT2D eigenvalue weighted by Gasteiger charge is 2.18. The third-order valence-corrected chi connectivity index (χ3v) is 3.56. The Balaban J connectivity index is 0.00000200. The highest BCUT2D eigenvalue weighted by molar-refractivity contribution is 6.33. The average Bonchev–Trinajstić information content (AvgIpc) is 2.91. The third kappa shape index (κ3) is 5.11. The molecule has 1 aliphatic heterocycles. The summed E-state index contributed by atoms with van der Waals surface area (Å²) < 4.78 is 5.16. The Labute approximate surface area is 141 Å². The zero-order valence-corrected chi connectivity index (χ0v) is 14.0. The van der Waals surface area contributed by atoms with Gasteiger partial charge in [0.1, 0.15) is 5.75 Å². The van der Waals surface area contributed by atoms with Crippen LogP contribution in [-0.4, -0.2) is 32.1 Å². The number of nitrogen functional groups attached to an aromatic ring is 1. The number of benzene rings is 1. The summed E-state index contributed by atoms with van der Waals surface area (Å²) >= 11 is 5.94. The number of carbonyl (C=O) groups is 1. The first kappa shape index (κ1) is 20.1. The van der Waals surface area contributed by atoms with Crippen LogP contribution in [0.15, 0.2) is 12.1 Å². The van der Waals surface area contributed by atoms with Gasteiger partial charge in [0.25, 0.3) is 5.91 Å². The van der Waals surface area contributed by atoms with Crippen molar-refractivity contribution in [3.8, 4) is 5.75 Å². The molecule has 5 nitrogen and oxygen atoms in total. The van der Waals surface area contributed by atoms with E-state index in [0.29, 0.717) is 34.6 Å². The summed E-state index contributed by atoms with van der Waals surface area (Å²) in [6.07, 6.45) is 2.23. The van der Waals surface area contributed by atoms with Gasteiger partial charge in [-0.3, -0.25) is 4.79 Å². The minimum atomic E-state index is -0.201. The van der Waals surface area contributed by atoms with E-state index in [0.717, 1.165) is 19.4 Å². The highest BCUT2D eigenvalue weighted by atomic mass is 35.5. The van der Waals surface area contributed by atoms with Crippen LogP contribution in [0.2, 0.25) is 5.02 Å². The van der Waals surface area contributed by atoms with E-state index < -0.39 is 0 Å². The molecule has 1 unspecified atom stereocenters. The lowest BCUT2D eigenvalue weighted by atomic mass is 10.1. The fourth-order valence-corrected chi connectivity index (χ4v) is 2.32. The van der Waals surface area contributed by atoms with Crippen LogP contribution in [0.25, 0.3) is 0 Å². The Bertz CT molecular complexity index is 480. The minimum absolute atomic E-state index is 0. The van der Waals surface area contributed by atoms with Crippen molar-refractivity contribution in [2.45, 2.75) is 18.9 Å². The Hall–Kier alpha value is -0.880. The molecule has 0 aliphatic carbocycles. The SMILES string of the molecule is COc1cc(N)c(Cl)cc1C(=O)NCC1CCCN1.Cl.Cl. The van der Waals surface area contributed by atoms with Gasteiger partial charge in [-0.25, -0.2) is 0 Å². The monoisotopic (exact) mass is 355 g/mol. The summed E-state index contributed by atoms with van der Waals surface area (Å²) in [5.41, 5.74) is 6.48. The molecule has 1 aromatic carbocycles. The topological polar surface area (TPSA) is 76.4 Å². The maximum absolute atomic E-state index is 12.1. The molecular formula is C13H20Cl3N3O2. The molecule has 0 saturated carbocycles. The van der Waals surface area contributed by atoms with Crippen LogP contribution in [0, 0.1) is 0 Å². The number of methoxy groups -OCH3 is 1. The first-order chi connectivity index (χ1) is 9.11. The van der Waals surface area contributed by atoms with Crippen LogP contribution in [0.4, 0.5) is 5.69 Å². The van der Waals surface area contributed by atoms with Gasteiger partial charge in [0.2, 0.25) is 0 Å². The average molecular weight is 357 g/mol. The molecule has 0 spiro atoms. The number of hydrogen-bond donors (Lipinski definition) is 3. The number of amides is 1. The second-order valence-electron chi connectivity index (χ2n) is 4.58. The van der Waals surface area contributed by atoms with Crippen molar-refractivity contribution >= 4 is 48.0 Å². The van der Waals surface area contributed by atoms with Crippen LogP contribution < -0.4 is 21.1 Å². The van der Waals surface area contributed by atoms with Gasteiger partial charge in [0, 0.05) is 18.7 Å². The Kier molecular flexibility index (Phi) is 8.82. The van der Waals surface area contributed by atoms with Gasteiger partial charge in [-0.2, -0.15) is 0 Å². The predicted octanol–water partition coefficient (Wildman–Crippen LogP) is 2.26. The molecule has 0 aromatic heterocycles. The molecular weight excluding hydrogens is 337 g/mol. The van der Waals surface area contributed by atoms with E-state index in [-0.39, 0.29) is 30.7 Å². The lowest BCUT2D eigenvalue weighted by Crippen LogP contribution is -2.37. The van der Waals surface area contributed by atoms with Crippen molar-refractivity contribution in [3.05, 3.63) is 22.7 Å². The molecule has 1 fully saturated rings. The summed E-state index contributed by atoms with van der Waals surface area (Å²) in [7, 11) is 1.50. The highest BCUT2D eigenvalue weighted by Crippen LogP contribution is 2.28. The van der Waals surface area contributed by atoms with Crippen molar-refractivity contribution in [1.29, 1.82) is 0 Å². The number of carbonyl (C=O) groups excluding carboxylic acids is 1. The van der Waals surface area contributed by atoms with E-state index in [1.165, 1.54) is 13.2 Å². The van der Waals surface area contributed by atoms with Gasteiger partial charge in [0.05, 0.1) is 23.4 Å². The van der Waals surface area contributed by atoms with Crippen molar-refractivity contribution in [2.24, 2.45) is 0 Å². The van der Waals surface area contributed by atoms with E-state index >= 15 is 0 Å². The fourth-order valence-electron chi connectivity index (χ4n) is 2.16. The van der Waals surface area contributed by atoms with E-state index in [1.54, 1.807) is 6.07 Å². The predicted molar refractivity (Wildman–Crippen MR) is 90.3 cm³/mol. The molecule has 2 rings (SSSR count). The number of ether oxygens (including phenoxy) is 1. The number of hydrogen-bond acceptors (Lipinski definition) is 4. The summed E-state index contributed by atoms with van der Waals surface area (Å²) in [6.45, 7) is 1.61. The third-order valence-electron chi connectivity index (χ3n) is 3.23. The molecule has 21 heavy (non-hydrogen) atoms. The zero-order chi connectivity index (χ0) is 13.8. The molecule has 8 heteroatoms. The van der Waals surface area contributed by atoms with Gasteiger partial charge in [0.15, 0.2) is 0 Å². The van der Waals surface area contributed by atoms with Gasteiger partial charge in [-0.15, -0.1) is 24.8 Å². The lowest BCUT2D eigenvalue weighted by molar-refractivity contribution is 0.0947. The lowest BCUT2D eigenvalue weighted by Gasteiger charge is -2.14. The molecule has 4 N–H and O–H groups in total. The maximum Gasteiger partial charge on any atom is 0.255 e. The summed E-state index contributed by atoms with van der Waals surface area (Å²) in [4.78, 5) is 12.1. The quantitative estimate of drug-likeness (QED) is 0.723. The van der Waals surface area contributed by atoms with E-state index in [1.807, 2.05) is 0 Å². The molecule has 1 amide bonds. The maximum atomic E-state index is 12.1. The van der Waals surface area contributed by atoms with Crippen LogP contribution in [0.3, 0.4) is 0 Å². The Morgan fingerprint density at radius 2 is 2.24 bits per heavy atom. The van der Waals surface area contributed by atoms with Crippen LogP contribution >= 0.6 is 36.4 Å². The van der Waals surface area contributed by atoms with Crippen molar-refractivity contribution < 1.29 is 9.53 Å². The number of nitrogens with two attached hydrogens (primary N) is 1. The smallest absolute Gasteiger partial charge is 0.255 e. The Morgan fingerprint density at radius 3 is 2.81 bits per heavy atom. The molecule has 1 aromatic rings. The zero-order valence-electron chi connectivity index (χ0n) is 11.6. The summed E-state index contributed by atoms with van der Waals surface area (Å²) in [5.74, 6) is 0.228. The second kappa shape index (κ2) is 9.20. The first-order valence-corrected chi connectivity index (χ1v) is 6.64. The molecule has 1 saturated heterocycles. The van der Waals surface area contributed by atoms with Crippen LogP contribution in [-0.2, 0) is 0 Å². The number of anilines is 1. The molecule has 120 valence electrons. The standard InChI is InChI=1S/C13H18ClN3O2.2ClH/c1-19-12-6-11(15)10(14)5-9(12)13(18)17-7-8-3-2-4-16-8;;/h5-6,8,16H,2-4,7,15H2,1H3,(H,17,18);2*1H. The molecule has 0 radical (unpaired) electrons. The number of rotatable bonds is 4. The van der Waals surface area contributed by atoms with Crippen LogP contribution in [0.5, 0.6) is 5.75 Å². The van der Waals surface area contributed by atoms with E-state index in [2.05, 4.69) is 10.6 Å². The minimum Gasteiger partial charge on any atom is -0.496 e. The normalized spacial score (nSPS) is 16.6. The summed E-state index contributed by atoms with van der Waals surface area (Å²) in [6, 6.07) is 3.44. The molecule has 1 atom stereocenters. The van der Waals surface area contributed by atoms with Crippen LogP contribution in [0.1, 0.15) is 23.2 Å². The van der Waals surface area contributed by atoms with Gasteiger partial charge in [-0.1, -0.05) is 11.6 Å². The van der Waals surface area contributed by atoms with E-state index in [4.69, 9.17) is 22.1 Å². The van der Waals surface area contributed by atoms with Gasteiger partial charge >= 0.3 is 0 Å².